The van der Waals surface area contributed by atoms with Crippen LogP contribution in [0.15, 0.2) is 30.3 Å². The first-order valence-electron chi connectivity index (χ1n) is 7.19. The van der Waals surface area contributed by atoms with Gasteiger partial charge in [-0.1, -0.05) is 50.6 Å². The van der Waals surface area contributed by atoms with E-state index in [1.165, 1.54) is 6.42 Å². The van der Waals surface area contributed by atoms with Crippen molar-refractivity contribution in [3.63, 3.8) is 0 Å². The smallest absolute Gasteiger partial charge is 0.319 e. The summed E-state index contributed by atoms with van der Waals surface area (Å²) in [6.07, 6.45) is 1.92. The van der Waals surface area contributed by atoms with Crippen molar-refractivity contribution < 1.29 is 19.1 Å². The van der Waals surface area contributed by atoms with Crippen molar-refractivity contribution in [2.75, 3.05) is 13.2 Å². The number of ether oxygens (including phenoxy) is 2. The highest BCUT2D eigenvalue weighted by molar-refractivity contribution is 5.71. The molecular formula is C16H25NO4. The van der Waals surface area contributed by atoms with E-state index in [-0.39, 0.29) is 32.1 Å². The highest BCUT2D eigenvalue weighted by atomic mass is 16.5. The van der Waals surface area contributed by atoms with Crippen LogP contribution in [-0.4, -0.2) is 25.1 Å². The number of hydrogen-bond donors (Lipinski definition) is 1. The van der Waals surface area contributed by atoms with Crippen LogP contribution < -0.4 is 5.73 Å². The third-order valence-corrected chi connectivity index (χ3v) is 2.20. The first-order chi connectivity index (χ1) is 10.1. The van der Waals surface area contributed by atoms with Crippen molar-refractivity contribution in [2.45, 2.75) is 39.7 Å². The van der Waals surface area contributed by atoms with Gasteiger partial charge in [0.25, 0.3) is 0 Å². The van der Waals surface area contributed by atoms with Crippen molar-refractivity contribution in [2.24, 2.45) is 5.73 Å². The number of rotatable bonds is 7. The Hall–Kier alpha value is -1.88. The summed E-state index contributed by atoms with van der Waals surface area (Å²) < 4.78 is 9.79. The Balaban J connectivity index is 0.00000122. The molecule has 1 rings (SSSR count). The van der Waals surface area contributed by atoms with E-state index >= 15 is 0 Å². The topological polar surface area (TPSA) is 78.6 Å². The highest BCUT2D eigenvalue weighted by Gasteiger charge is 2.04. The number of carbonyl (C=O) groups excluding carboxylic acids is 2. The molecule has 2 N–H and O–H groups in total. The highest BCUT2D eigenvalue weighted by Crippen LogP contribution is 2.02. The first-order valence-corrected chi connectivity index (χ1v) is 7.19. The van der Waals surface area contributed by atoms with Gasteiger partial charge in [-0.05, 0) is 12.0 Å². The third kappa shape index (κ3) is 11.6. The molecule has 0 heterocycles. The summed E-state index contributed by atoms with van der Waals surface area (Å²) >= 11 is 0. The minimum absolute atomic E-state index is 0.140. The van der Waals surface area contributed by atoms with Crippen LogP contribution >= 0.6 is 0 Å². The van der Waals surface area contributed by atoms with E-state index in [0.29, 0.717) is 6.42 Å². The van der Waals surface area contributed by atoms with E-state index < -0.39 is 5.97 Å². The van der Waals surface area contributed by atoms with Gasteiger partial charge in [0.2, 0.25) is 0 Å². The van der Waals surface area contributed by atoms with Crippen molar-refractivity contribution >= 4 is 11.9 Å². The monoisotopic (exact) mass is 295 g/mol. The number of hydrogen-bond acceptors (Lipinski definition) is 5. The molecule has 0 spiro atoms. The van der Waals surface area contributed by atoms with Crippen LogP contribution in [0, 0.1) is 0 Å². The summed E-state index contributed by atoms with van der Waals surface area (Å²) in [7, 11) is 0. The normalized spacial score (nSPS) is 9.29. The number of esters is 2. The molecule has 0 saturated carbocycles. The van der Waals surface area contributed by atoms with Crippen LogP contribution in [0.3, 0.4) is 0 Å². The van der Waals surface area contributed by atoms with Crippen LogP contribution in [0.5, 0.6) is 0 Å². The Morgan fingerprint density at radius 3 is 2.24 bits per heavy atom. The number of nitrogens with two attached hydrogens (primary N) is 1. The maximum atomic E-state index is 11.3. The quantitative estimate of drug-likeness (QED) is 0.617. The number of benzene rings is 1. The Bertz CT molecular complexity index is 393. The fourth-order valence-corrected chi connectivity index (χ4v) is 1.27. The summed E-state index contributed by atoms with van der Waals surface area (Å²) in [6.45, 7) is 4.57. The molecule has 5 heteroatoms. The van der Waals surface area contributed by atoms with Gasteiger partial charge in [0.05, 0.1) is 13.2 Å². The summed E-state index contributed by atoms with van der Waals surface area (Å²) in [5.74, 6) is -0.768. The first kappa shape index (κ1) is 19.1. The molecule has 1 aromatic rings. The van der Waals surface area contributed by atoms with Crippen LogP contribution in [0.25, 0.3) is 0 Å². The molecule has 0 radical (unpaired) electrons. The van der Waals surface area contributed by atoms with Crippen molar-refractivity contribution in [1.29, 1.82) is 0 Å². The number of carbonyl (C=O) groups is 2. The molecule has 0 saturated heterocycles. The Morgan fingerprint density at radius 2 is 1.67 bits per heavy atom. The second-order valence-corrected chi connectivity index (χ2v) is 4.38. The zero-order valence-electron chi connectivity index (χ0n) is 12.8. The lowest BCUT2D eigenvalue weighted by molar-refractivity contribution is -0.147. The van der Waals surface area contributed by atoms with E-state index in [0.717, 1.165) is 5.56 Å². The molecule has 0 aliphatic carbocycles. The average Bonchev–Trinajstić information content (AvgIpc) is 2.51. The molecule has 0 fully saturated rings. The summed E-state index contributed by atoms with van der Waals surface area (Å²) in [5.41, 5.74) is 6.00. The zero-order chi connectivity index (χ0) is 15.9. The third-order valence-electron chi connectivity index (χ3n) is 2.20. The van der Waals surface area contributed by atoms with Crippen LogP contribution in [0.4, 0.5) is 0 Å². The van der Waals surface area contributed by atoms with Gasteiger partial charge in [-0.3, -0.25) is 9.59 Å². The SMILES string of the molecule is CCC.NCC(=O)OCCCC(=O)OCc1ccccc1. The molecule has 118 valence electrons. The molecule has 0 amide bonds. The fourth-order valence-electron chi connectivity index (χ4n) is 1.27. The second-order valence-electron chi connectivity index (χ2n) is 4.38. The van der Waals surface area contributed by atoms with E-state index in [9.17, 15) is 9.59 Å². The Morgan fingerprint density at radius 1 is 1.05 bits per heavy atom. The molecule has 21 heavy (non-hydrogen) atoms. The molecule has 0 aliphatic rings. The van der Waals surface area contributed by atoms with Gasteiger partial charge < -0.3 is 15.2 Å². The van der Waals surface area contributed by atoms with Gasteiger partial charge in [-0.2, -0.15) is 0 Å². The largest absolute Gasteiger partial charge is 0.465 e. The standard InChI is InChI=1S/C13H17NO4.C3H8/c14-9-13(16)17-8-4-7-12(15)18-10-11-5-2-1-3-6-11;1-3-2/h1-3,5-6H,4,7-10,14H2;3H2,1-2H3. The minimum Gasteiger partial charge on any atom is -0.465 e. The lowest BCUT2D eigenvalue weighted by atomic mass is 10.2. The average molecular weight is 295 g/mol. The molecule has 5 nitrogen and oxygen atoms in total. The molecular weight excluding hydrogens is 270 g/mol. The minimum atomic E-state index is -0.465. The second kappa shape index (κ2) is 13.1. The van der Waals surface area contributed by atoms with E-state index in [4.69, 9.17) is 15.2 Å². The lowest BCUT2D eigenvalue weighted by Crippen LogP contribution is -2.17. The van der Waals surface area contributed by atoms with Crippen LogP contribution in [0.2, 0.25) is 0 Å². The predicted molar refractivity (Wildman–Crippen MR) is 81.5 cm³/mol. The lowest BCUT2D eigenvalue weighted by Gasteiger charge is -2.05. The van der Waals surface area contributed by atoms with E-state index in [1.54, 1.807) is 0 Å². The van der Waals surface area contributed by atoms with Crippen molar-refractivity contribution in [3.8, 4) is 0 Å². The molecule has 0 unspecified atom stereocenters. The van der Waals surface area contributed by atoms with Gasteiger partial charge >= 0.3 is 11.9 Å². The summed E-state index contributed by atoms with van der Waals surface area (Å²) in [6, 6.07) is 9.44. The summed E-state index contributed by atoms with van der Waals surface area (Å²) in [4.78, 5) is 22.0. The Kier molecular flexibility index (Phi) is 11.9. The maximum Gasteiger partial charge on any atom is 0.319 e. The molecule has 0 aromatic heterocycles. The Labute approximate surface area is 126 Å². The maximum absolute atomic E-state index is 11.3. The van der Waals surface area contributed by atoms with Gasteiger partial charge in [-0.15, -0.1) is 0 Å². The van der Waals surface area contributed by atoms with Crippen LogP contribution in [-0.2, 0) is 25.7 Å². The summed E-state index contributed by atoms with van der Waals surface area (Å²) in [5, 5.41) is 0. The van der Waals surface area contributed by atoms with Gasteiger partial charge in [0.1, 0.15) is 6.61 Å². The van der Waals surface area contributed by atoms with E-state index in [2.05, 4.69) is 13.8 Å². The fraction of sp³-hybridized carbons (Fsp3) is 0.500. The zero-order valence-corrected chi connectivity index (χ0v) is 12.8. The van der Waals surface area contributed by atoms with Gasteiger partial charge in [0, 0.05) is 6.42 Å². The van der Waals surface area contributed by atoms with E-state index in [1.807, 2.05) is 30.3 Å². The van der Waals surface area contributed by atoms with Gasteiger partial charge in [0.15, 0.2) is 0 Å². The predicted octanol–water partition coefficient (Wildman–Crippen LogP) is 2.43. The van der Waals surface area contributed by atoms with Gasteiger partial charge in [-0.25, -0.2) is 0 Å². The molecule has 1 aromatic carbocycles. The van der Waals surface area contributed by atoms with Crippen LogP contribution in [0.1, 0.15) is 38.7 Å². The molecule has 0 aliphatic heterocycles. The van der Waals surface area contributed by atoms with Crippen molar-refractivity contribution in [1.82, 2.24) is 0 Å². The van der Waals surface area contributed by atoms with Crippen molar-refractivity contribution in [3.05, 3.63) is 35.9 Å². The molecule has 0 atom stereocenters. The molecule has 0 bridgehead atoms.